The molecule has 0 spiro atoms. The summed E-state index contributed by atoms with van der Waals surface area (Å²) in [5.41, 5.74) is 2.81. The molecule has 0 saturated carbocycles. The van der Waals surface area contributed by atoms with E-state index < -0.39 is 5.82 Å². The van der Waals surface area contributed by atoms with E-state index in [9.17, 15) is 14.0 Å². The number of fused-ring (bicyclic) bond motifs is 1. The Morgan fingerprint density at radius 3 is 2.79 bits per heavy atom. The second kappa shape index (κ2) is 6.83. The molecule has 1 N–H and O–H groups in total. The lowest BCUT2D eigenvalue weighted by Gasteiger charge is -2.29. The van der Waals surface area contributed by atoms with Gasteiger partial charge in [0.25, 0.3) is 5.91 Å². The first-order valence-electron chi connectivity index (χ1n) is 8.08. The van der Waals surface area contributed by atoms with E-state index in [-0.39, 0.29) is 17.4 Å². The number of anilines is 2. The van der Waals surface area contributed by atoms with E-state index >= 15 is 0 Å². The topological polar surface area (TPSA) is 49.4 Å². The quantitative estimate of drug-likeness (QED) is 0.933. The molecule has 0 aliphatic carbocycles. The maximum absolute atomic E-state index is 13.2. The Morgan fingerprint density at radius 2 is 2.04 bits per heavy atom. The van der Waals surface area contributed by atoms with Crippen molar-refractivity contribution in [2.45, 2.75) is 26.2 Å². The van der Waals surface area contributed by atoms with E-state index in [0.717, 1.165) is 24.1 Å². The van der Waals surface area contributed by atoms with Crippen LogP contribution in [-0.2, 0) is 11.2 Å². The van der Waals surface area contributed by atoms with Crippen molar-refractivity contribution in [2.75, 3.05) is 16.8 Å². The van der Waals surface area contributed by atoms with E-state index in [1.54, 1.807) is 11.0 Å². The van der Waals surface area contributed by atoms with Crippen molar-refractivity contribution in [1.29, 1.82) is 0 Å². The zero-order valence-electron chi connectivity index (χ0n) is 13.5. The van der Waals surface area contributed by atoms with Crippen molar-refractivity contribution >= 4 is 23.2 Å². The molecule has 3 rings (SSSR count). The van der Waals surface area contributed by atoms with Crippen LogP contribution in [0.1, 0.15) is 35.7 Å². The fourth-order valence-electron chi connectivity index (χ4n) is 2.94. The summed E-state index contributed by atoms with van der Waals surface area (Å²) in [4.78, 5) is 26.1. The van der Waals surface area contributed by atoms with Crippen molar-refractivity contribution in [3.8, 4) is 0 Å². The minimum atomic E-state index is -0.451. The molecule has 0 saturated heterocycles. The van der Waals surface area contributed by atoms with Crippen LogP contribution >= 0.6 is 0 Å². The molecule has 0 fully saturated rings. The van der Waals surface area contributed by atoms with Crippen molar-refractivity contribution in [3.63, 3.8) is 0 Å². The number of hydrogen-bond acceptors (Lipinski definition) is 2. The predicted octanol–water partition coefficient (Wildman–Crippen LogP) is 3.77. The highest BCUT2D eigenvalue weighted by Gasteiger charge is 2.22. The zero-order valence-corrected chi connectivity index (χ0v) is 13.5. The molecule has 0 unspecified atom stereocenters. The normalized spacial score (nSPS) is 13.3. The van der Waals surface area contributed by atoms with Crippen LogP contribution in [-0.4, -0.2) is 18.4 Å². The third kappa shape index (κ3) is 3.30. The summed E-state index contributed by atoms with van der Waals surface area (Å²) in [5.74, 6) is -0.754. The van der Waals surface area contributed by atoms with E-state index in [0.29, 0.717) is 18.7 Å². The second-order valence-electron chi connectivity index (χ2n) is 5.81. The van der Waals surface area contributed by atoms with Gasteiger partial charge < -0.3 is 10.2 Å². The Kier molecular flexibility index (Phi) is 4.60. The first-order chi connectivity index (χ1) is 11.6. The van der Waals surface area contributed by atoms with Crippen molar-refractivity contribution in [2.24, 2.45) is 0 Å². The summed E-state index contributed by atoms with van der Waals surface area (Å²) in [6, 6.07) is 11.1. The largest absolute Gasteiger partial charge is 0.322 e. The van der Waals surface area contributed by atoms with E-state index in [4.69, 9.17) is 0 Å². The molecule has 124 valence electrons. The molecular weight excluding hydrogens is 307 g/mol. The number of hydrogen-bond donors (Lipinski definition) is 1. The predicted molar refractivity (Wildman–Crippen MR) is 91.8 cm³/mol. The number of amides is 2. The van der Waals surface area contributed by atoms with Crippen LogP contribution in [0.2, 0.25) is 0 Å². The first-order valence-corrected chi connectivity index (χ1v) is 8.08. The van der Waals surface area contributed by atoms with Crippen LogP contribution < -0.4 is 10.2 Å². The van der Waals surface area contributed by atoms with Crippen molar-refractivity contribution in [3.05, 3.63) is 59.4 Å². The summed E-state index contributed by atoms with van der Waals surface area (Å²) >= 11 is 0. The molecule has 0 aromatic heterocycles. The van der Waals surface area contributed by atoms with E-state index in [2.05, 4.69) is 5.32 Å². The van der Waals surface area contributed by atoms with E-state index in [1.807, 2.05) is 25.1 Å². The van der Waals surface area contributed by atoms with E-state index in [1.165, 1.54) is 18.2 Å². The number of benzene rings is 2. The fourth-order valence-corrected chi connectivity index (χ4v) is 2.94. The summed E-state index contributed by atoms with van der Waals surface area (Å²) in [5, 5.41) is 2.77. The average Bonchev–Trinajstić information content (AvgIpc) is 2.60. The molecule has 1 aliphatic heterocycles. The van der Waals surface area contributed by atoms with Crippen LogP contribution in [0.15, 0.2) is 42.5 Å². The maximum atomic E-state index is 13.2. The number of nitrogens with zero attached hydrogens (tertiary/aromatic N) is 1. The van der Waals surface area contributed by atoms with Gasteiger partial charge >= 0.3 is 0 Å². The Labute approximate surface area is 140 Å². The van der Waals surface area contributed by atoms with Gasteiger partial charge in [0.2, 0.25) is 5.91 Å². The number of nitrogens with one attached hydrogen (secondary N) is 1. The molecule has 1 heterocycles. The highest BCUT2D eigenvalue weighted by atomic mass is 19.1. The molecule has 24 heavy (non-hydrogen) atoms. The van der Waals surface area contributed by atoms with Gasteiger partial charge in [-0.3, -0.25) is 9.59 Å². The van der Waals surface area contributed by atoms with Gasteiger partial charge in [-0.05, 0) is 48.7 Å². The van der Waals surface area contributed by atoms with Crippen molar-refractivity contribution < 1.29 is 14.0 Å². The molecule has 0 atom stereocenters. The molecule has 0 bridgehead atoms. The number of halogens is 1. The van der Waals surface area contributed by atoms with Crippen LogP contribution in [0, 0.1) is 5.82 Å². The van der Waals surface area contributed by atoms with Gasteiger partial charge in [0.05, 0.1) is 0 Å². The Hall–Kier alpha value is -2.69. The molecule has 5 heteroatoms. The zero-order chi connectivity index (χ0) is 17.1. The van der Waals surface area contributed by atoms with Gasteiger partial charge in [0, 0.05) is 29.9 Å². The van der Waals surface area contributed by atoms with Gasteiger partial charge in [-0.1, -0.05) is 19.1 Å². The fraction of sp³-hybridized carbons (Fsp3) is 0.263. The molecule has 1 aliphatic rings. The lowest BCUT2D eigenvalue weighted by atomic mass is 10.0. The number of rotatable bonds is 3. The number of carbonyl (C=O) groups excluding carboxylic acids is 2. The molecule has 0 radical (unpaired) electrons. The maximum Gasteiger partial charge on any atom is 0.255 e. The lowest BCUT2D eigenvalue weighted by Crippen LogP contribution is -2.35. The number of aryl methyl sites for hydroxylation is 1. The van der Waals surface area contributed by atoms with Crippen LogP contribution in [0.5, 0.6) is 0 Å². The molecule has 4 nitrogen and oxygen atoms in total. The van der Waals surface area contributed by atoms with Gasteiger partial charge in [0.1, 0.15) is 5.82 Å². The summed E-state index contributed by atoms with van der Waals surface area (Å²) in [6.45, 7) is 2.53. The minimum absolute atomic E-state index is 0.0737. The van der Waals surface area contributed by atoms with Crippen LogP contribution in [0.3, 0.4) is 0 Å². The van der Waals surface area contributed by atoms with Crippen LogP contribution in [0.4, 0.5) is 15.8 Å². The third-order valence-electron chi connectivity index (χ3n) is 4.15. The smallest absolute Gasteiger partial charge is 0.255 e. The lowest BCUT2D eigenvalue weighted by molar-refractivity contribution is -0.118. The highest BCUT2D eigenvalue weighted by Crippen LogP contribution is 2.30. The average molecular weight is 326 g/mol. The molecule has 2 amide bonds. The second-order valence-corrected chi connectivity index (χ2v) is 5.81. The Balaban J connectivity index is 1.85. The summed E-state index contributed by atoms with van der Waals surface area (Å²) < 4.78 is 13.2. The van der Waals surface area contributed by atoms with Gasteiger partial charge in [-0.25, -0.2) is 4.39 Å². The van der Waals surface area contributed by atoms with Gasteiger partial charge in [-0.15, -0.1) is 0 Å². The first kappa shape index (κ1) is 16.2. The summed E-state index contributed by atoms with van der Waals surface area (Å²) in [7, 11) is 0. The molecule has 2 aromatic rings. The standard InChI is InChI=1S/C19H19FN2O2/c1-2-18(23)22-10-4-6-13-8-9-16(12-17(13)22)21-19(24)14-5-3-7-15(20)11-14/h3,5,7-9,11-12H,2,4,6,10H2,1H3,(H,21,24). The summed E-state index contributed by atoms with van der Waals surface area (Å²) in [6.07, 6.45) is 2.30. The Bertz CT molecular complexity index is 789. The SMILES string of the molecule is CCC(=O)N1CCCc2ccc(NC(=O)c3cccc(F)c3)cc21. The van der Waals surface area contributed by atoms with Crippen LogP contribution in [0.25, 0.3) is 0 Å². The third-order valence-corrected chi connectivity index (χ3v) is 4.15. The molecule has 2 aromatic carbocycles. The van der Waals surface area contributed by atoms with Gasteiger partial charge in [-0.2, -0.15) is 0 Å². The monoisotopic (exact) mass is 326 g/mol. The number of carbonyl (C=O) groups is 2. The van der Waals surface area contributed by atoms with Gasteiger partial charge in [0.15, 0.2) is 0 Å². The Morgan fingerprint density at radius 1 is 1.21 bits per heavy atom. The van der Waals surface area contributed by atoms with Crippen molar-refractivity contribution in [1.82, 2.24) is 0 Å². The highest BCUT2D eigenvalue weighted by molar-refractivity contribution is 6.05. The minimum Gasteiger partial charge on any atom is -0.322 e. The molecular formula is C19H19FN2O2.